The topological polar surface area (TPSA) is 38.9 Å². The van der Waals surface area contributed by atoms with Crippen LogP contribution in [0.15, 0.2) is 22.8 Å². The monoisotopic (exact) mass is 266 g/mol. The molecule has 0 amide bonds. The molecule has 0 saturated carbocycles. The molecule has 2 heterocycles. The fourth-order valence-corrected chi connectivity index (χ4v) is 1.89. The molecule has 0 fully saturated rings. The van der Waals surface area contributed by atoms with Gasteiger partial charge in [0, 0.05) is 0 Å². The second kappa shape index (κ2) is 4.76. The second-order valence-electron chi connectivity index (χ2n) is 3.19. The highest BCUT2D eigenvalue weighted by atomic mass is 35.5. The molecule has 0 N–H and O–H groups in total. The number of rotatable bonds is 2. The zero-order valence-corrected chi connectivity index (χ0v) is 10.5. The van der Waals surface area contributed by atoms with Crippen LogP contribution in [0.5, 0.6) is 0 Å². The molecule has 0 aliphatic rings. The van der Waals surface area contributed by atoms with Crippen molar-refractivity contribution in [2.75, 3.05) is 0 Å². The number of allylic oxidation sites excluding steroid dienone is 1. The number of hydrogen-bond acceptors (Lipinski definition) is 3. The van der Waals surface area contributed by atoms with Crippen molar-refractivity contribution in [1.82, 2.24) is 9.97 Å². The molecule has 0 atom stereocenters. The van der Waals surface area contributed by atoms with Gasteiger partial charge in [0.15, 0.2) is 10.7 Å². The minimum Gasteiger partial charge on any atom is -0.451 e. The van der Waals surface area contributed by atoms with Gasteiger partial charge in [-0.1, -0.05) is 24.3 Å². The summed E-state index contributed by atoms with van der Waals surface area (Å²) in [4.78, 5) is 7.93. The summed E-state index contributed by atoms with van der Waals surface area (Å²) >= 11 is 11.7. The third-order valence-electron chi connectivity index (χ3n) is 2.09. The fraction of sp³-hybridized carbons (Fsp3) is 0.0833. The number of furan rings is 1. The average Bonchev–Trinajstić information content (AvgIpc) is 2.59. The summed E-state index contributed by atoms with van der Waals surface area (Å²) in [6.45, 7) is 5.42. The van der Waals surface area contributed by atoms with Crippen LogP contribution in [0.2, 0.25) is 10.4 Å². The summed E-state index contributed by atoms with van der Waals surface area (Å²) in [6.07, 6.45) is 5.32. The van der Waals surface area contributed by atoms with Gasteiger partial charge in [0.05, 0.1) is 5.56 Å². The van der Waals surface area contributed by atoms with E-state index >= 15 is 0 Å². The zero-order valence-electron chi connectivity index (χ0n) is 9.00. The van der Waals surface area contributed by atoms with Crippen molar-refractivity contribution >= 4 is 46.5 Å². The van der Waals surface area contributed by atoms with Crippen molar-refractivity contribution in [3.8, 4) is 0 Å². The van der Waals surface area contributed by atoms with E-state index in [2.05, 4.69) is 22.3 Å². The van der Waals surface area contributed by atoms with Gasteiger partial charge >= 0.3 is 0 Å². The number of halogens is 2. The van der Waals surface area contributed by atoms with E-state index in [1.54, 1.807) is 12.2 Å². The summed E-state index contributed by atoms with van der Waals surface area (Å²) < 4.78 is 5.58. The lowest BCUT2D eigenvalue weighted by molar-refractivity contribution is 0.601. The highest BCUT2D eigenvalue weighted by Gasteiger charge is 2.16. The Morgan fingerprint density at radius 2 is 2.12 bits per heavy atom. The maximum atomic E-state index is 5.94. The summed E-state index contributed by atoms with van der Waals surface area (Å²) in [6, 6.07) is 0. The molecular weight excluding hydrogens is 259 g/mol. The van der Waals surface area contributed by atoms with Crippen molar-refractivity contribution in [2.24, 2.45) is 0 Å². The maximum absolute atomic E-state index is 5.94. The van der Waals surface area contributed by atoms with E-state index in [9.17, 15) is 0 Å². The minimum atomic E-state index is 0.0778. The molecule has 0 unspecified atom stereocenters. The Hall–Kier alpha value is -1.54. The van der Waals surface area contributed by atoms with Gasteiger partial charge < -0.3 is 4.42 Å². The number of nitrogens with zero attached hydrogens (tertiary/aromatic N) is 2. The van der Waals surface area contributed by atoms with E-state index in [0.29, 0.717) is 16.9 Å². The van der Waals surface area contributed by atoms with Gasteiger partial charge in [-0.3, -0.25) is 0 Å². The Labute approximate surface area is 108 Å². The molecule has 0 aromatic carbocycles. The van der Waals surface area contributed by atoms with Gasteiger partial charge in [0.2, 0.25) is 5.28 Å². The Morgan fingerprint density at radius 1 is 1.35 bits per heavy atom. The largest absolute Gasteiger partial charge is 0.451 e. The standard InChI is InChI=1S/C12H8Cl2N2O/c1-3-5-7-8(6-4-2)17-10-9(7)15-12(14)16-11(10)13/h4-6H,1H2,2H3. The number of hydrogen-bond donors (Lipinski definition) is 0. The molecule has 0 bridgehead atoms. The molecule has 0 radical (unpaired) electrons. The SMILES string of the molecule is C=C=Cc1c(C=CC)oc2c(Cl)nc(Cl)nc12. The maximum Gasteiger partial charge on any atom is 0.224 e. The molecule has 0 saturated heterocycles. The lowest BCUT2D eigenvalue weighted by Gasteiger charge is -1.92. The van der Waals surface area contributed by atoms with Crippen molar-refractivity contribution < 1.29 is 4.42 Å². The normalized spacial score (nSPS) is 11.0. The van der Waals surface area contributed by atoms with Crippen molar-refractivity contribution in [2.45, 2.75) is 6.92 Å². The van der Waals surface area contributed by atoms with Crippen LogP contribution in [0.25, 0.3) is 23.3 Å². The second-order valence-corrected chi connectivity index (χ2v) is 3.89. The van der Waals surface area contributed by atoms with E-state index < -0.39 is 0 Å². The molecular formula is C12H8Cl2N2O. The van der Waals surface area contributed by atoms with Gasteiger partial charge in [-0.05, 0) is 30.7 Å². The zero-order chi connectivity index (χ0) is 12.4. The highest BCUT2D eigenvalue weighted by Crippen LogP contribution is 2.31. The Kier molecular flexibility index (Phi) is 3.34. The van der Waals surface area contributed by atoms with Crippen molar-refractivity contribution in [1.29, 1.82) is 0 Å². The summed E-state index contributed by atoms with van der Waals surface area (Å²) in [7, 11) is 0. The smallest absolute Gasteiger partial charge is 0.224 e. The molecule has 0 aliphatic heterocycles. The van der Waals surface area contributed by atoms with Crippen LogP contribution in [0.1, 0.15) is 18.2 Å². The van der Waals surface area contributed by atoms with E-state index in [1.807, 2.05) is 13.0 Å². The molecule has 2 aromatic rings. The first-order valence-electron chi connectivity index (χ1n) is 4.81. The van der Waals surface area contributed by atoms with Crippen LogP contribution >= 0.6 is 23.2 Å². The van der Waals surface area contributed by atoms with Crippen LogP contribution in [0.4, 0.5) is 0 Å². The summed E-state index contributed by atoms with van der Waals surface area (Å²) in [5.41, 5.74) is 4.38. The predicted octanol–water partition coefficient (Wildman–Crippen LogP) is 4.36. The van der Waals surface area contributed by atoms with Crippen LogP contribution < -0.4 is 0 Å². The van der Waals surface area contributed by atoms with Crippen molar-refractivity contribution in [3.05, 3.63) is 40.1 Å². The Bertz CT molecular complexity index is 652. The molecule has 0 aliphatic carbocycles. The third kappa shape index (κ3) is 2.13. The average molecular weight is 267 g/mol. The van der Waals surface area contributed by atoms with E-state index in [-0.39, 0.29) is 10.4 Å². The highest BCUT2D eigenvalue weighted by molar-refractivity contribution is 6.35. The van der Waals surface area contributed by atoms with E-state index in [4.69, 9.17) is 27.6 Å². The third-order valence-corrected chi connectivity index (χ3v) is 2.52. The molecule has 0 spiro atoms. The molecule has 17 heavy (non-hydrogen) atoms. The molecule has 2 aromatic heterocycles. The summed E-state index contributed by atoms with van der Waals surface area (Å²) in [5.74, 6) is 0.622. The molecule has 3 nitrogen and oxygen atoms in total. The Morgan fingerprint density at radius 3 is 2.76 bits per heavy atom. The van der Waals surface area contributed by atoms with Crippen LogP contribution in [0, 0.1) is 0 Å². The molecule has 86 valence electrons. The quantitative estimate of drug-likeness (QED) is 0.461. The van der Waals surface area contributed by atoms with Crippen LogP contribution in [0.3, 0.4) is 0 Å². The van der Waals surface area contributed by atoms with Crippen LogP contribution in [-0.4, -0.2) is 9.97 Å². The molecule has 2 rings (SSSR count). The van der Waals surface area contributed by atoms with Gasteiger partial charge in [-0.15, -0.1) is 5.73 Å². The van der Waals surface area contributed by atoms with Crippen molar-refractivity contribution in [3.63, 3.8) is 0 Å². The summed E-state index contributed by atoms with van der Waals surface area (Å²) in [5, 5.41) is 0.267. The lowest BCUT2D eigenvalue weighted by atomic mass is 10.2. The number of aromatic nitrogens is 2. The lowest BCUT2D eigenvalue weighted by Crippen LogP contribution is -1.84. The first-order chi connectivity index (χ1) is 8.17. The van der Waals surface area contributed by atoms with Crippen LogP contribution in [-0.2, 0) is 0 Å². The van der Waals surface area contributed by atoms with E-state index in [0.717, 1.165) is 5.56 Å². The van der Waals surface area contributed by atoms with Gasteiger partial charge in [-0.25, -0.2) is 9.97 Å². The number of fused-ring (bicyclic) bond motifs is 1. The minimum absolute atomic E-state index is 0.0778. The first kappa shape index (κ1) is 11.9. The first-order valence-corrected chi connectivity index (χ1v) is 5.57. The van der Waals surface area contributed by atoms with Gasteiger partial charge in [0.1, 0.15) is 11.3 Å². The van der Waals surface area contributed by atoms with Gasteiger partial charge in [-0.2, -0.15) is 0 Å². The van der Waals surface area contributed by atoms with Gasteiger partial charge in [0.25, 0.3) is 0 Å². The Balaban J connectivity index is 2.89. The fourth-order valence-electron chi connectivity index (χ4n) is 1.47. The molecule has 5 heteroatoms. The van der Waals surface area contributed by atoms with E-state index in [1.165, 1.54) is 0 Å². The predicted molar refractivity (Wildman–Crippen MR) is 70.1 cm³/mol.